The van der Waals surface area contributed by atoms with E-state index in [-0.39, 0.29) is 0 Å². The quantitative estimate of drug-likeness (QED) is 0.313. The minimum Gasteiger partial charge on any atom is -0.285 e. The molecule has 5 rings (SSSR count). The summed E-state index contributed by atoms with van der Waals surface area (Å²) in [5.74, 6) is -8.83. The molecule has 18 unspecified atom stereocenters. The molecule has 0 aromatic heterocycles. The van der Waals surface area contributed by atoms with E-state index in [9.17, 15) is 23.6 Å². The minimum absolute atomic E-state index is 0.456. The number of rotatable bonds is 3. The van der Waals surface area contributed by atoms with Crippen LogP contribution in [0.5, 0.6) is 0 Å². The number of halogens is 10. The Labute approximate surface area is 273 Å². The highest BCUT2D eigenvalue weighted by Crippen LogP contribution is 2.55. The first kappa shape index (κ1) is 32.8. The van der Waals surface area contributed by atoms with E-state index in [1.165, 1.54) is 14.0 Å². The van der Waals surface area contributed by atoms with Crippen molar-refractivity contribution in [2.24, 2.45) is 29.6 Å². The Bertz CT molecular complexity index is 1130. The van der Waals surface area contributed by atoms with E-state index in [1.807, 2.05) is 0 Å². The van der Waals surface area contributed by atoms with Gasteiger partial charge in [0.2, 0.25) is 23.6 Å². The van der Waals surface area contributed by atoms with Gasteiger partial charge in [0.05, 0.1) is 61.3 Å². The van der Waals surface area contributed by atoms with E-state index in [2.05, 4.69) is 0 Å². The summed E-state index contributed by atoms with van der Waals surface area (Å²) in [7, 11) is 1.33. The van der Waals surface area contributed by atoms with Gasteiger partial charge in [-0.25, -0.2) is 13.2 Å². The first-order chi connectivity index (χ1) is 19.1. The molecule has 6 nitrogen and oxygen atoms in total. The van der Waals surface area contributed by atoms with Crippen molar-refractivity contribution in [2.75, 3.05) is 7.05 Å². The second-order valence-electron chi connectivity index (χ2n) is 11.2. The number of fused-ring (bicyclic) bond motifs is 2. The van der Waals surface area contributed by atoms with Gasteiger partial charge in [-0.15, -0.1) is 93.0 Å². The van der Waals surface area contributed by atoms with Crippen LogP contribution in [0, 0.1) is 29.6 Å². The zero-order valence-electron chi connectivity index (χ0n) is 21.1. The van der Waals surface area contributed by atoms with Crippen molar-refractivity contribution >= 4 is 117 Å². The monoisotopic (exact) mass is 738 g/mol. The van der Waals surface area contributed by atoms with Crippen LogP contribution in [0.15, 0.2) is 0 Å². The third-order valence-electron chi connectivity index (χ3n) is 9.16. The molecule has 2 aliphatic heterocycles. The zero-order chi connectivity index (χ0) is 30.6. The molecule has 2 saturated heterocycles. The summed E-state index contributed by atoms with van der Waals surface area (Å²) in [5.41, 5.74) is 0. The summed E-state index contributed by atoms with van der Waals surface area (Å²) in [6.45, 7) is 1.18. The molecular weight excluding hydrogens is 718 g/mol. The first-order valence-electron chi connectivity index (χ1n) is 12.8. The molecule has 3 saturated carbocycles. The van der Waals surface area contributed by atoms with Crippen LogP contribution in [0.4, 0.5) is 13.2 Å². The number of hydrogen-bond donors (Lipinski definition) is 0. The van der Waals surface area contributed by atoms with Gasteiger partial charge in [0.15, 0.2) is 0 Å². The van der Waals surface area contributed by atoms with Crippen LogP contribution in [0.25, 0.3) is 0 Å². The average molecular weight is 742 g/mol. The maximum absolute atomic E-state index is 15.3. The molecule has 41 heavy (non-hydrogen) atoms. The van der Waals surface area contributed by atoms with Crippen molar-refractivity contribution in [1.29, 1.82) is 0 Å². The fraction of sp³-hybridized carbons (Fsp3) is 0.833. The Kier molecular flexibility index (Phi) is 9.34. The van der Waals surface area contributed by atoms with Crippen molar-refractivity contribution in [1.82, 2.24) is 9.80 Å². The maximum atomic E-state index is 15.3. The van der Waals surface area contributed by atoms with Crippen LogP contribution in [0.1, 0.15) is 6.92 Å². The Hall–Kier alpha value is 0.450. The third kappa shape index (κ3) is 4.73. The van der Waals surface area contributed by atoms with Gasteiger partial charge >= 0.3 is 0 Å². The van der Waals surface area contributed by atoms with Crippen molar-refractivity contribution in [3.63, 3.8) is 0 Å². The number of likely N-dealkylation sites (tertiary alicyclic amines) is 2. The number of hydrogen-bond acceptors (Lipinski definition) is 5. The van der Waals surface area contributed by atoms with E-state index < -0.39 is 126 Å². The summed E-state index contributed by atoms with van der Waals surface area (Å²) < 4.78 is 44.9. The van der Waals surface area contributed by atoms with Gasteiger partial charge in [-0.2, -0.15) is 0 Å². The van der Waals surface area contributed by atoms with Gasteiger partial charge in [-0.05, 0) is 0 Å². The van der Waals surface area contributed by atoms with Gasteiger partial charge in [0.25, 0.3) is 0 Å². The Morgan fingerprint density at radius 2 is 0.951 bits per heavy atom. The summed E-state index contributed by atoms with van der Waals surface area (Å²) in [6.07, 6.45) is -6.63. The van der Waals surface area contributed by atoms with E-state index in [1.54, 1.807) is 0 Å². The van der Waals surface area contributed by atoms with E-state index in [0.29, 0.717) is 4.90 Å². The average Bonchev–Trinajstić information content (AvgIpc) is 3.32. The highest BCUT2D eigenvalue weighted by Gasteiger charge is 2.67. The standard InChI is InChI=1S/C24H24Cl7F3N2O4S/c1-3-15(32)14(31)17(34)18(16(3)33)36-23(39)5-7(24(36)40)11(28)20(13(30)9(5)26)41-19-10(27)6-4(8(25)12(19)29)21(37)35(2)22(6)38/h3-20H,1-2H3. The SMILES string of the molecule is CC1C(F)C(Cl)C(F)C(N2C(=O)C3C(Cl)C(Cl)C(SC4C(Cl)C(Cl)C5C(=O)N(C)C(=O)C5C4Cl)C(Cl)C3C2=O)C1F. The van der Waals surface area contributed by atoms with Crippen LogP contribution in [0.3, 0.4) is 0 Å². The molecule has 0 aromatic rings. The topological polar surface area (TPSA) is 74.8 Å². The van der Waals surface area contributed by atoms with E-state index >= 15 is 8.78 Å². The summed E-state index contributed by atoms with van der Waals surface area (Å²) in [4.78, 5) is 54.0. The van der Waals surface area contributed by atoms with Gasteiger partial charge in [0.1, 0.15) is 24.6 Å². The van der Waals surface area contributed by atoms with Crippen molar-refractivity contribution in [2.45, 2.75) is 79.6 Å². The molecule has 5 aliphatic rings. The lowest BCUT2D eigenvalue weighted by Crippen LogP contribution is -2.62. The normalized spacial score (nSPS) is 54.0. The molecule has 0 aromatic carbocycles. The molecule has 0 radical (unpaired) electrons. The highest BCUT2D eigenvalue weighted by atomic mass is 35.5. The van der Waals surface area contributed by atoms with Gasteiger partial charge in [0, 0.05) is 23.5 Å². The number of carbonyl (C=O) groups is 4. The van der Waals surface area contributed by atoms with E-state index in [4.69, 9.17) is 81.2 Å². The fourth-order valence-electron chi connectivity index (χ4n) is 6.83. The fourth-order valence-corrected chi connectivity index (χ4v) is 12.2. The molecule has 18 atom stereocenters. The number of imide groups is 2. The lowest BCUT2D eigenvalue weighted by molar-refractivity contribution is -0.150. The number of carbonyl (C=O) groups excluding carboxylic acids is 4. The number of alkyl halides is 10. The summed E-state index contributed by atoms with van der Waals surface area (Å²) >= 11 is 47.1. The third-order valence-corrected chi connectivity index (χ3v) is 15.6. The molecule has 5 fully saturated rings. The summed E-state index contributed by atoms with van der Waals surface area (Å²) in [5, 5.41) is -9.79. The molecule has 230 valence electrons. The van der Waals surface area contributed by atoms with Gasteiger partial charge < -0.3 is 0 Å². The molecule has 2 heterocycles. The highest BCUT2D eigenvalue weighted by molar-refractivity contribution is 8.01. The number of amides is 4. The Morgan fingerprint density at radius 3 is 1.41 bits per heavy atom. The lowest BCUT2D eigenvalue weighted by atomic mass is 9.79. The molecule has 4 amide bonds. The maximum Gasteiger partial charge on any atom is 0.235 e. The smallest absolute Gasteiger partial charge is 0.235 e. The van der Waals surface area contributed by atoms with Crippen LogP contribution < -0.4 is 0 Å². The Morgan fingerprint density at radius 1 is 0.561 bits per heavy atom. The Balaban J connectivity index is 1.43. The predicted molar refractivity (Wildman–Crippen MR) is 154 cm³/mol. The zero-order valence-corrected chi connectivity index (χ0v) is 27.2. The second-order valence-corrected chi connectivity index (χ2v) is 16.1. The molecule has 0 bridgehead atoms. The van der Waals surface area contributed by atoms with Crippen LogP contribution in [0.2, 0.25) is 0 Å². The van der Waals surface area contributed by atoms with Crippen LogP contribution in [-0.2, 0) is 19.2 Å². The first-order valence-corrected chi connectivity index (χ1v) is 16.8. The number of thioether (sulfide) groups is 1. The summed E-state index contributed by atoms with van der Waals surface area (Å²) in [6, 6.07) is -1.97. The van der Waals surface area contributed by atoms with E-state index in [0.717, 1.165) is 16.7 Å². The molecule has 3 aliphatic carbocycles. The van der Waals surface area contributed by atoms with Crippen LogP contribution in [-0.4, -0.2) is 113 Å². The van der Waals surface area contributed by atoms with Gasteiger partial charge in [-0.3, -0.25) is 29.0 Å². The molecular formula is C24H24Cl7F3N2O4S. The van der Waals surface area contributed by atoms with Crippen molar-refractivity contribution < 1.29 is 32.3 Å². The predicted octanol–water partition coefficient (Wildman–Crippen LogP) is 4.60. The van der Waals surface area contributed by atoms with Crippen molar-refractivity contribution in [3.8, 4) is 0 Å². The molecule has 17 heteroatoms. The lowest BCUT2D eigenvalue weighted by Gasteiger charge is -2.45. The molecule has 0 N–H and O–H groups in total. The minimum atomic E-state index is -2.37. The largest absolute Gasteiger partial charge is 0.285 e. The van der Waals surface area contributed by atoms with Crippen molar-refractivity contribution in [3.05, 3.63) is 0 Å². The molecule has 0 spiro atoms. The number of nitrogens with zero attached hydrogens (tertiary/aromatic N) is 2. The van der Waals surface area contributed by atoms with Gasteiger partial charge in [-0.1, -0.05) is 6.92 Å². The second kappa shape index (κ2) is 11.7. The van der Waals surface area contributed by atoms with Crippen LogP contribution >= 0.6 is 93.0 Å².